The minimum atomic E-state index is -0.217. The maximum atomic E-state index is 13.7. The van der Waals surface area contributed by atoms with Crippen molar-refractivity contribution in [2.45, 2.75) is 76.4 Å². The smallest absolute Gasteiger partial charge is 0.292 e. The van der Waals surface area contributed by atoms with E-state index in [4.69, 9.17) is 9.47 Å². The number of carbonyl (C=O) groups is 2. The van der Waals surface area contributed by atoms with Crippen molar-refractivity contribution in [2.75, 3.05) is 39.9 Å². The third-order valence-corrected chi connectivity index (χ3v) is 8.95. The van der Waals surface area contributed by atoms with Gasteiger partial charge < -0.3 is 24.3 Å². The summed E-state index contributed by atoms with van der Waals surface area (Å²) in [5.74, 6) is 2.78. The van der Waals surface area contributed by atoms with Crippen molar-refractivity contribution in [1.82, 2.24) is 29.9 Å². The maximum absolute atomic E-state index is 13.7. The first kappa shape index (κ1) is 26.1. The van der Waals surface area contributed by atoms with Crippen LogP contribution in [-0.2, 0) is 17.8 Å². The van der Waals surface area contributed by atoms with Crippen molar-refractivity contribution in [1.29, 1.82) is 0 Å². The lowest BCUT2D eigenvalue weighted by Gasteiger charge is -2.25. The highest BCUT2D eigenvalue weighted by molar-refractivity contribution is 5.93. The van der Waals surface area contributed by atoms with E-state index in [1.165, 1.54) is 12.0 Å². The number of methoxy groups -OCH3 is 1. The highest BCUT2D eigenvalue weighted by atomic mass is 16.5. The standard InChI is InChI=1S/C29H40N6O4/c1-38-24-11-10-20-17-25(24)39-15-6-5-12-33(29(37)28-32-31-26-9-3-2-4-13-35(26)28)19-27(36)30-18-21-16-23(20)34-14-7-8-22(21)34/h10-11,17,21-23H,2-9,12-16,18-19H2,1H3,(H,30,36)/t21-,22+,23-/m1/s1. The van der Waals surface area contributed by atoms with E-state index in [-0.39, 0.29) is 18.4 Å². The van der Waals surface area contributed by atoms with Crippen LogP contribution >= 0.6 is 0 Å². The van der Waals surface area contributed by atoms with Crippen molar-refractivity contribution in [3.05, 3.63) is 35.4 Å². The molecule has 0 saturated carbocycles. The zero-order chi connectivity index (χ0) is 26.8. The molecule has 39 heavy (non-hydrogen) atoms. The van der Waals surface area contributed by atoms with Crippen LogP contribution in [0.15, 0.2) is 18.2 Å². The van der Waals surface area contributed by atoms with Gasteiger partial charge >= 0.3 is 0 Å². The minimum absolute atomic E-state index is 0.0271. The van der Waals surface area contributed by atoms with Gasteiger partial charge in [0, 0.05) is 38.1 Å². The van der Waals surface area contributed by atoms with Crippen LogP contribution in [0.3, 0.4) is 0 Å². The fraction of sp³-hybridized carbons (Fsp3) is 0.655. The highest BCUT2D eigenvalue weighted by Gasteiger charge is 2.44. The van der Waals surface area contributed by atoms with Crippen LogP contribution in [0, 0.1) is 5.92 Å². The van der Waals surface area contributed by atoms with E-state index in [1.54, 1.807) is 12.0 Å². The molecule has 2 aromatic rings. The first-order valence-corrected chi connectivity index (χ1v) is 14.7. The molecule has 5 heterocycles. The van der Waals surface area contributed by atoms with Crippen LogP contribution in [0.2, 0.25) is 0 Å². The van der Waals surface area contributed by atoms with Gasteiger partial charge in [0.2, 0.25) is 11.7 Å². The predicted octanol–water partition coefficient (Wildman–Crippen LogP) is 2.97. The lowest BCUT2D eigenvalue weighted by atomic mass is 9.94. The van der Waals surface area contributed by atoms with Gasteiger partial charge in [-0.25, -0.2) is 0 Å². The summed E-state index contributed by atoms with van der Waals surface area (Å²) in [5, 5.41) is 11.8. The molecule has 2 amide bonds. The van der Waals surface area contributed by atoms with Crippen molar-refractivity contribution in [3.8, 4) is 11.5 Å². The van der Waals surface area contributed by atoms with Gasteiger partial charge in [0.15, 0.2) is 11.5 Å². The summed E-state index contributed by atoms with van der Waals surface area (Å²) < 4.78 is 13.8. The first-order valence-electron chi connectivity index (χ1n) is 14.7. The Morgan fingerprint density at radius 1 is 1.08 bits per heavy atom. The molecule has 1 N–H and O–H groups in total. The number of ether oxygens (including phenoxy) is 2. The summed E-state index contributed by atoms with van der Waals surface area (Å²) in [6.07, 6.45) is 8.81. The number of hydrogen-bond donors (Lipinski definition) is 1. The molecule has 3 atom stereocenters. The number of carbonyl (C=O) groups excluding carboxylic acids is 2. The van der Waals surface area contributed by atoms with Crippen LogP contribution in [-0.4, -0.2) is 82.3 Å². The molecule has 0 spiro atoms. The highest BCUT2D eigenvalue weighted by Crippen LogP contribution is 2.46. The number of benzene rings is 1. The number of nitrogens with one attached hydrogen (secondary N) is 1. The van der Waals surface area contributed by atoms with Crippen LogP contribution in [0.25, 0.3) is 0 Å². The number of amides is 2. The van der Waals surface area contributed by atoms with E-state index < -0.39 is 0 Å². The summed E-state index contributed by atoms with van der Waals surface area (Å²) in [6.45, 7) is 3.44. The largest absolute Gasteiger partial charge is 0.493 e. The summed E-state index contributed by atoms with van der Waals surface area (Å²) in [7, 11) is 1.67. The second-order valence-corrected chi connectivity index (χ2v) is 11.4. The van der Waals surface area contributed by atoms with Gasteiger partial charge in [0.1, 0.15) is 5.82 Å². The lowest BCUT2D eigenvalue weighted by molar-refractivity contribution is -0.122. The van der Waals surface area contributed by atoms with Crippen LogP contribution in [0.1, 0.15) is 79.4 Å². The fourth-order valence-corrected chi connectivity index (χ4v) is 6.95. The van der Waals surface area contributed by atoms with Gasteiger partial charge in [0.05, 0.1) is 20.3 Å². The van der Waals surface area contributed by atoms with Crippen LogP contribution in [0.5, 0.6) is 11.5 Å². The Morgan fingerprint density at radius 2 is 1.97 bits per heavy atom. The van der Waals surface area contributed by atoms with Crippen LogP contribution in [0.4, 0.5) is 0 Å². The molecule has 2 fully saturated rings. The average Bonchev–Trinajstić information content (AvgIpc) is 3.62. The Hall–Kier alpha value is -3.14. The fourth-order valence-electron chi connectivity index (χ4n) is 6.95. The molecule has 10 heteroatoms. The van der Waals surface area contributed by atoms with Gasteiger partial charge in [-0.2, -0.15) is 0 Å². The summed E-state index contributed by atoms with van der Waals surface area (Å²) in [4.78, 5) is 31.1. The Kier molecular flexibility index (Phi) is 7.72. The third kappa shape index (κ3) is 5.35. The molecule has 4 aliphatic rings. The van der Waals surface area contributed by atoms with E-state index in [1.807, 2.05) is 10.6 Å². The molecule has 0 unspecified atom stereocenters. The zero-order valence-corrected chi connectivity index (χ0v) is 22.9. The number of fused-ring (bicyclic) bond motifs is 9. The molecule has 6 rings (SSSR count). The molecule has 0 aliphatic carbocycles. The molecule has 0 radical (unpaired) electrons. The molecule has 1 aromatic carbocycles. The van der Waals surface area contributed by atoms with E-state index >= 15 is 0 Å². The normalized spacial score (nSPS) is 26.2. The molecule has 10 nitrogen and oxygen atoms in total. The summed E-state index contributed by atoms with van der Waals surface area (Å²) >= 11 is 0. The summed E-state index contributed by atoms with van der Waals surface area (Å²) in [6, 6.07) is 7.07. The van der Waals surface area contributed by atoms with Gasteiger partial charge in [-0.05, 0) is 75.1 Å². The third-order valence-electron chi connectivity index (χ3n) is 8.95. The van der Waals surface area contributed by atoms with Gasteiger partial charge in [-0.3, -0.25) is 14.5 Å². The molecule has 1 aromatic heterocycles. The first-order chi connectivity index (χ1) is 19.1. The Bertz CT molecular complexity index is 1200. The Morgan fingerprint density at radius 3 is 2.87 bits per heavy atom. The Labute approximate surface area is 230 Å². The second kappa shape index (κ2) is 11.5. The van der Waals surface area contributed by atoms with E-state index in [0.717, 1.165) is 75.4 Å². The van der Waals surface area contributed by atoms with Gasteiger partial charge in [0.25, 0.3) is 5.91 Å². The van der Waals surface area contributed by atoms with Crippen molar-refractivity contribution in [3.63, 3.8) is 0 Å². The topological polar surface area (TPSA) is 102 Å². The molecule has 210 valence electrons. The summed E-state index contributed by atoms with van der Waals surface area (Å²) in [5.41, 5.74) is 1.25. The maximum Gasteiger partial charge on any atom is 0.292 e. The monoisotopic (exact) mass is 536 g/mol. The second-order valence-electron chi connectivity index (χ2n) is 11.4. The van der Waals surface area contributed by atoms with Gasteiger partial charge in [-0.1, -0.05) is 12.5 Å². The van der Waals surface area contributed by atoms with Crippen molar-refractivity contribution in [2.24, 2.45) is 5.92 Å². The SMILES string of the molecule is COc1ccc2cc1OCCCCN(C(=O)c1nnc3n1CCCCC3)CC(=O)NC[C@H]1C[C@H]2N2CCC[C@@H]12. The van der Waals surface area contributed by atoms with Gasteiger partial charge in [-0.15, -0.1) is 10.2 Å². The van der Waals surface area contributed by atoms with E-state index in [2.05, 4.69) is 32.5 Å². The molecule has 4 aliphatic heterocycles. The van der Waals surface area contributed by atoms with E-state index in [9.17, 15) is 9.59 Å². The quantitative estimate of drug-likeness (QED) is 0.630. The minimum Gasteiger partial charge on any atom is -0.493 e. The zero-order valence-electron chi connectivity index (χ0n) is 22.9. The predicted molar refractivity (Wildman–Crippen MR) is 145 cm³/mol. The Balaban J connectivity index is 1.23. The number of nitrogens with zero attached hydrogens (tertiary/aromatic N) is 5. The van der Waals surface area contributed by atoms with Crippen molar-refractivity contribution < 1.29 is 19.1 Å². The van der Waals surface area contributed by atoms with Crippen LogP contribution < -0.4 is 14.8 Å². The number of hydrogen-bond acceptors (Lipinski definition) is 7. The molecule has 2 saturated heterocycles. The average molecular weight is 537 g/mol. The lowest BCUT2D eigenvalue weighted by Crippen LogP contribution is -2.44. The molecular weight excluding hydrogens is 496 g/mol. The number of rotatable bonds is 2. The van der Waals surface area contributed by atoms with E-state index in [0.29, 0.717) is 49.9 Å². The molecular formula is C29H40N6O4. The molecule has 4 bridgehead atoms. The number of aryl methyl sites for hydroxylation is 1. The number of aromatic nitrogens is 3. The van der Waals surface area contributed by atoms with Crippen molar-refractivity contribution >= 4 is 11.8 Å².